The molecule has 1 heterocycles. The molecule has 2 unspecified atom stereocenters. The summed E-state index contributed by atoms with van der Waals surface area (Å²) < 4.78 is 38.8. The summed E-state index contributed by atoms with van der Waals surface area (Å²) >= 11 is 3.31. The van der Waals surface area contributed by atoms with Crippen LogP contribution in [-0.4, -0.2) is 11.9 Å². The minimum atomic E-state index is -4.39. The van der Waals surface area contributed by atoms with E-state index in [0.29, 0.717) is 11.3 Å². The third-order valence-electron chi connectivity index (χ3n) is 3.83. The van der Waals surface area contributed by atoms with E-state index in [0.717, 1.165) is 16.6 Å². The van der Waals surface area contributed by atoms with Gasteiger partial charge in [-0.3, -0.25) is 4.79 Å². The van der Waals surface area contributed by atoms with Crippen LogP contribution in [0.3, 0.4) is 0 Å². The highest BCUT2D eigenvalue weighted by Crippen LogP contribution is 2.39. The van der Waals surface area contributed by atoms with Crippen LogP contribution in [0.5, 0.6) is 0 Å². The maximum Gasteiger partial charge on any atom is 0.416 e. The number of hydrogen-bond donors (Lipinski definition) is 1. The van der Waals surface area contributed by atoms with Crippen molar-refractivity contribution < 1.29 is 18.0 Å². The standard InChI is InChI=1S/C16H12BrF3N2O/c17-11-5-7-12(8-6-11)22-14(13(21)15(22)23)9-1-3-10(4-2-9)16(18,19)20/h1-8,13-14H,21H2. The van der Waals surface area contributed by atoms with Crippen LogP contribution in [0.15, 0.2) is 53.0 Å². The van der Waals surface area contributed by atoms with Crippen molar-refractivity contribution >= 4 is 27.5 Å². The smallest absolute Gasteiger partial charge is 0.318 e. The predicted molar refractivity (Wildman–Crippen MR) is 83.8 cm³/mol. The van der Waals surface area contributed by atoms with E-state index in [-0.39, 0.29) is 5.91 Å². The first kappa shape index (κ1) is 16.0. The second-order valence-corrected chi connectivity index (χ2v) is 6.19. The first-order chi connectivity index (χ1) is 10.8. The fourth-order valence-electron chi connectivity index (χ4n) is 2.63. The molecule has 120 valence electrons. The summed E-state index contributed by atoms with van der Waals surface area (Å²) in [4.78, 5) is 13.6. The molecule has 2 aromatic carbocycles. The van der Waals surface area contributed by atoms with Gasteiger partial charge in [0.2, 0.25) is 5.91 Å². The number of alkyl halides is 3. The van der Waals surface area contributed by atoms with Gasteiger partial charge in [0.25, 0.3) is 0 Å². The van der Waals surface area contributed by atoms with E-state index in [1.165, 1.54) is 17.0 Å². The number of rotatable bonds is 2. The number of carbonyl (C=O) groups is 1. The molecule has 1 aliphatic heterocycles. The minimum absolute atomic E-state index is 0.253. The van der Waals surface area contributed by atoms with Crippen LogP contribution in [0.1, 0.15) is 17.2 Å². The molecule has 0 radical (unpaired) electrons. The Hall–Kier alpha value is -1.86. The second-order valence-electron chi connectivity index (χ2n) is 5.28. The van der Waals surface area contributed by atoms with Gasteiger partial charge in [-0.25, -0.2) is 0 Å². The van der Waals surface area contributed by atoms with Crippen LogP contribution in [-0.2, 0) is 11.0 Å². The van der Waals surface area contributed by atoms with Crippen LogP contribution in [0.4, 0.5) is 18.9 Å². The highest BCUT2D eigenvalue weighted by Gasteiger charge is 2.46. The average molecular weight is 385 g/mol. The number of amides is 1. The Bertz CT molecular complexity index is 728. The van der Waals surface area contributed by atoms with E-state index in [1.54, 1.807) is 24.3 Å². The van der Waals surface area contributed by atoms with E-state index >= 15 is 0 Å². The fraction of sp³-hybridized carbons (Fsp3) is 0.188. The number of nitrogens with two attached hydrogens (primary N) is 1. The van der Waals surface area contributed by atoms with E-state index in [9.17, 15) is 18.0 Å². The number of benzene rings is 2. The summed E-state index contributed by atoms with van der Waals surface area (Å²) in [5.74, 6) is -0.253. The molecule has 3 nitrogen and oxygen atoms in total. The Balaban J connectivity index is 1.91. The minimum Gasteiger partial charge on any atom is -0.318 e. The van der Waals surface area contributed by atoms with Gasteiger partial charge in [-0.05, 0) is 42.0 Å². The van der Waals surface area contributed by atoms with Crippen molar-refractivity contribution in [2.24, 2.45) is 5.73 Å². The van der Waals surface area contributed by atoms with Crippen molar-refractivity contribution in [3.63, 3.8) is 0 Å². The topological polar surface area (TPSA) is 46.3 Å². The Morgan fingerprint density at radius 1 is 1.00 bits per heavy atom. The molecule has 2 aromatic rings. The van der Waals surface area contributed by atoms with Crippen molar-refractivity contribution in [3.05, 3.63) is 64.1 Å². The van der Waals surface area contributed by atoms with E-state index in [2.05, 4.69) is 15.9 Å². The van der Waals surface area contributed by atoms with E-state index in [4.69, 9.17) is 5.73 Å². The normalized spacial score (nSPS) is 21.3. The molecule has 0 aromatic heterocycles. The van der Waals surface area contributed by atoms with Gasteiger partial charge in [-0.1, -0.05) is 28.1 Å². The molecule has 2 atom stereocenters. The molecule has 0 spiro atoms. The van der Waals surface area contributed by atoms with Gasteiger partial charge < -0.3 is 10.6 Å². The number of halogens is 4. The summed E-state index contributed by atoms with van der Waals surface area (Å²) in [5, 5.41) is 0. The lowest BCUT2D eigenvalue weighted by atomic mass is 9.88. The maximum atomic E-state index is 12.6. The third kappa shape index (κ3) is 2.86. The molecule has 23 heavy (non-hydrogen) atoms. The second kappa shape index (κ2) is 5.65. The van der Waals surface area contributed by atoms with Gasteiger partial charge in [0, 0.05) is 10.2 Å². The van der Waals surface area contributed by atoms with Crippen molar-refractivity contribution in [2.45, 2.75) is 18.3 Å². The lowest BCUT2D eigenvalue weighted by Crippen LogP contribution is -2.63. The first-order valence-corrected chi connectivity index (χ1v) is 7.60. The van der Waals surface area contributed by atoms with Crippen LogP contribution < -0.4 is 10.6 Å². The largest absolute Gasteiger partial charge is 0.416 e. The van der Waals surface area contributed by atoms with Crippen molar-refractivity contribution in [1.82, 2.24) is 0 Å². The van der Waals surface area contributed by atoms with Gasteiger partial charge in [-0.2, -0.15) is 13.2 Å². The zero-order valence-corrected chi connectivity index (χ0v) is 13.3. The molecule has 1 fully saturated rings. The maximum absolute atomic E-state index is 12.6. The zero-order valence-electron chi connectivity index (χ0n) is 11.7. The first-order valence-electron chi connectivity index (χ1n) is 6.80. The molecule has 7 heteroatoms. The van der Waals surface area contributed by atoms with Crippen molar-refractivity contribution in [1.29, 1.82) is 0 Å². The number of hydrogen-bond acceptors (Lipinski definition) is 2. The van der Waals surface area contributed by atoms with Gasteiger partial charge in [0.15, 0.2) is 0 Å². The molecule has 1 amide bonds. The number of nitrogens with zero attached hydrogens (tertiary/aromatic N) is 1. The Morgan fingerprint density at radius 3 is 2.09 bits per heavy atom. The van der Waals surface area contributed by atoms with Gasteiger partial charge in [0.05, 0.1) is 11.6 Å². The van der Waals surface area contributed by atoms with Crippen LogP contribution in [0.25, 0.3) is 0 Å². The predicted octanol–water partition coefficient (Wildman–Crippen LogP) is 3.88. The van der Waals surface area contributed by atoms with Crippen LogP contribution >= 0.6 is 15.9 Å². The quantitative estimate of drug-likeness (QED) is 0.798. The lowest BCUT2D eigenvalue weighted by molar-refractivity contribution is -0.137. The van der Waals surface area contributed by atoms with Crippen LogP contribution in [0, 0.1) is 0 Å². The molecule has 2 N–H and O–H groups in total. The highest BCUT2D eigenvalue weighted by atomic mass is 79.9. The van der Waals surface area contributed by atoms with Gasteiger partial charge in [0.1, 0.15) is 6.04 Å². The Labute approximate surface area is 139 Å². The monoisotopic (exact) mass is 384 g/mol. The molecular formula is C16H12BrF3N2O. The fourth-order valence-corrected chi connectivity index (χ4v) is 2.89. The van der Waals surface area contributed by atoms with E-state index in [1.807, 2.05) is 0 Å². The van der Waals surface area contributed by atoms with Crippen LogP contribution in [0.2, 0.25) is 0 Å². The number of anilines is 1. The number of β-lactam (4-membered cyclic amide) rings is 1. The zero-order chi connectivity index (χ0) is 16.8. The summed E-state index contributed by atoms with van der Waals surface area (Å²) in [7, 11) is 0. The van der Waals surface area contributed by atoms with Crippen molar-refractivity contribution in [3.8, 4) is 0 Å². The Morgan fingerprint density at radius 2 is 1.57 bits per heavy atom. The molecule has 1 saturated heterocycles. The third-order valence-corrected chi connectivity index (χ3v) is 4.35. The lowest BCUT2D eigenvalue weighted by Gasteiger charge is -2.45. The molecule has 0 aliphatic carbocycles. The molecule has 0 saturated carbocycles. The summed E-state index contributed by atoms with van der Waals surface area (Å²) in [6.07, 6.45) is -4.39. The molecular weight excluding hydrogens is 373 g/mol. The Kier molecular flexibility index (Phi) is 3.93. The highest BCUT2D eigenvalue weighted by molar-refractivity contribution is 9.10. The summed E-state index contributed by atoms with van der Waals surface area (Å²) in [6, 6.07) is 10.6. The van der Waals surface area contributed by atoms with Gasteiger partial charge >= 0.3 is 6.18 Å². The average Bonchev–Trinajstić information content (AvgIpc) is 2.52. The van der Waals surface area contributed by atoms with Crippen molar-refractivity contribution in [2.75, 3.05) is 4.90 Å². The molecule has 0 bridgehead atoms. The molecule has 1 aliphatic rings. The summed E-state index contributed by atoms with van der Waals surface area (Å²) in [6.45, 7) is 0. The van der Waals surface area contributed by atoms with Gasteiger partial charge in [-0.15, -0.1) is 0 Å². The molecule has 3 rings (SSSR count). The van der Waals surface area contributed by atoms with E-state index < -0.39 is 23.8 Å². The SMILES string of the molecule is NC1C(=O)N(c2ccc(Br)cc2)C1c1ccc(C(F)(F)F)cc1. The number of carbonyl (C=O) groups excluding carboxylic acids is 1. The summed E-state index contributed by atoms with van der Waals surface area (Å²) in [5.41, 5.74) is 6.36.